The molecule has 0 heterocycles. The van der Waals surface area contributed by atoms with E-state index >= 15 is 0 Å². The molecule has 0 radical (unpaired) electrons. The van der Waals surface area contributed by atoms with Gasteiger partial charge in [0.05, 0.1) is 13.7 Å². The lowest BCUT2D eigenvalue weighted by atomic mass is 10.1. The molecule has 0 unspecified atom stereocenters. The van der Waals surface area contributed by atoms with E-state index in [1.54, 1.807) is 25.3 Å². The van der Waals surface area contributed by atoms with Gasteiger partial charge in [0, 0.05) is 12.0 Å². The lowest BCUT2D eigenvalue weighted by Gasteiger charge is -2.11. The predicted octanol–water partition coefficient (Wildman–Crippen LogP) is 3.47. The summed E-state index contributed by atoms with van der Waals surface area (Å²) in [6, 6.07) is 5.35. The Kier molecular flexibility index (Phi) is 5.53. The average Bonchev–Trinajstić information content (AvgIpc) is 2.36. The number of ketones is 1. The number of carbonyl (C=O) groups is 1. The van der Waals surface area contributed by atoms with Crippen LogP contribution in [0.3, 0.4) is 0 Å². The Hall–Kier alpha value is -1.51. The Bertz CT molecular complexity index is 372. The van der Waals surface area contributed by atoms with Crippen LogP contribution < -0.4 is 9.47 Å². The standard InChI is InChI=1S/C14H20O3/c1-4-6-12(15)11-7-8-13(17-9-5-2)14(10-11)16-3/h7-8,10H,4-6,9H2,1-3H3. The first-order chi connectivity index (χ1) is 8.22. The number of hydrogen-bond donors (Lipinski definition) is 0. The van der Waals surface area contributed by atoms with Gasteiger partial charge in [-0.1, -0.05) is 13.8 Å². The van der Waals surface area contributed by atoms with Crippen molar-refractivity contribution in [2.24, 2.45) is 0 Å². The van der Waals surface area contributed by atoms with Crippen LogP contribution in [-0.2, 0) is 0 Å². The van der Waals surface area contributed by atoms with Crippen LogP contribution >= 0.6 is 0 Å². The highest BCUT2D eigenvalue weighted by Crippen LogP contribution is 2.28. The van der Waals surface area contributed by atoms with Gasteiger partial charge in [0.15, 0.2) is 17.3 Å². The molecular formula is C14H20O3. The van der Waals surface area contributed by atoms with E-state index < -0.39 is 0 Å². The fourth-order valence-electron chi connectivity index (χ4n) is 1.54. The first-order valence-electron chi connectivity index (χ1n) is 6.07. The molecule has 0 saturated heterocycles. The highest BCUT2D eigenvalue weighted by Gasteiger charge is 2.10. The van der Waals surface area contributed by atoms with E-state index in [4.69, 9.17) is 9.47 Å². The molecule has 0 amide bonds. The summed E-state index contributed by atoms with van der Waals surface area (Å²) in [5, 5.41) is 0. The third-order valence-corrected chi connectivity index (χ3v) is 2.42. The summed E-state index contributed by atoms with van der Waals surface area (Å²) in [5.41, 5.74) is 0.688. The molecule has 1 aromatic carbocycles. The molecule has 3 heteroatoms. The number of rotatable bonds is 7. The van der Waals surface area contributed by atoms with E-state index in [1.807, 2.05) is 13.8 Å². The van der Waals surface area contributed by atoms with Gasteiger partial charge < -0.3 is 9.47 Å². The van der Waals surface area contributed by atoms with Crippen molar-refractivity contribution in [1.82, 2.24) is 0 Å². The van der Waals surface area contributed by atoms with E-state index in [9.17, 15) is 4.79 Å². The maximum atomic E-state index is 11.7. The van der Waals surface area contributed by atoms with E-state index in [1.165, 1.54) is 0 Å². The molecule has 0 aliphatic rings. The highest BCUT2D eigenvalue weighted by molar-refractivity contribution is 5.96. The number of benzene rings is 1. The summed E-state index contributed by atoms with van der Waals surface area (Å²) >= 11 is 0. The summed E-state index contributed by atoms with van der Waals surface area (Å²) in [7, 11) is 1.59. The SMILES string of the molecule is CCCOc1ccc(C(=O)CCC)cc1OC. The number of Topliss-reactive ketones (excluding diaryl/α,β-unsaturated/α-hetero) is 1. The molecule has 0 aliphatic heterocycles. The molecule has 17 heavy (non-hydrogen) atoms. The van der Waals surface area contributed by atoms with Crippen LogP contribution in [0.4, 0.5) is 0 Å². The first kappa shape index (κ1) is 13.6. The van der Waals surface area contributed by atoms with E-state index in [-0.39, 0.29) is 5.78 Å². The quantitative estimate of drug-likeness (QED) is 0.680. The normalized spacial score (nSPS) is 10.1. The molecular weight excluding hydrogens is 216 g/mol. The Morgan fingerprint density at radius 1 is 1.18 bits per heavy atom. The van der Waals surface area contributed by atoms with Gasteiger partial charge in [-0.05, 0) is 31.0 Å². The van der Waals surface area contributed by atoms with Crippen molar-refractivity contribution in [3.8, 4) is 11.5 Å². The van der Waals surface area contributed by atoms with E-state index in [0.717, 1.165) is 12.8 Å². The zero-order valence-corrected chi connectivity index (χ0v) is 10.8. The fraction of sp³-hybridized carbons (Fsp3) is 0.500. The second kappa shape index (κ2) is 6.94. The molecule has 0 saturated carbocycles. The van der Waals surface area contributed by atoms with Gasteiger partial charge in [0.25, 0.3) is 0 Å². The van der Waals surface area contributed by atoms with Crippen molar-refractivity contribution in [3.05, 3.63) is 23.8 Å². The van der Waals surface area contributed by atoms with Crippen molar-refractivity contribution in [2.45, 2.75) is 33.1 Å². The van der Waals surface area contributed by atoms with Crippen LogP contribution in [0.2, 0.25) is 0 Å². The Labute approximate surface area is 103 Å². The summed E-state index contributed by atoms with van der Waals surface area (Å²) in [6.45, 7) is 4.69. The Morgan fingerprint density at radius 3 is 2.53 bits per heavy atom. The van der Waals surface area contributed by atoms with Crippen molar-refractivity contribution in [2.75, 3.05) is 13.7 Å². The third kappa shape index (κ3) is 3.77. The van der Waals surface area contributed by atoms with Gasteiger partial charge in [-0.2, -0.15) is 0 Å². The minimum Gasteiger partial charge on any atom is -0.493 e. The predicted molar refractivity (Wildman–Crippen MR) is 68.0 cm³/mol. The van der Waals surface area contributed by atoms with Gasteiger partial charge in [0.2, 0.25) is 0 Å². The maximum Gasteiger partial charge on any atom is 0.163 e. The molecule has 0 bridgehead atoms. The monoisotopic (exact) mass is 236 g/mol. The molecule has 0 spiro atoms. The molecule has 0 aliphatic carbocycles. The smallest absolute Gasteiger partial charge is 0.163 e. The molecule has 0 aromatic heterocycles. The zero-order chi connectivity index (χ0) is 12.7. The molecule has 0 fully saturated rings. The van der Waals surface area contributed by atoms with Crippen LogP contribution in [-0.4, -0.2) is 19.5 Å². The van der Waals surface area contributed by atoms with Crippen molar-refractivity contribution in [1.29, 1.82) is 0 Å². The first-order valence-corrected chi connectivity index (χ1v) is 6.07. The van der Waals surface area contributed by atoms with Gasteiger partial charge in [0.1, 0.15) is 0 Å². The molecule has 3 nitrogen and oxygen atoms in total. The molecule has 94 valence electrons. The lowest BCUT2D eigenvalue weighted by Crippen LogP contribution is -2.02. The summed E-state index contributed by atoms with van der Waals surface area (Å²) in [5.74, 6) is 1.47. The lowest BCUT2D eigenvalue weighted by molar-refractivity contribution is 0.0981. The topological polar surface area (TPSA) is 35.5 Å². The van der Waals surface area contributed by atoms with Gasteiger partial charge in [-0.15, -0.1) is 0 Å². The van der Waals surface area contributed by atoms with Gasteiger partial charge in [-0.3, -0.25) is 4.79 Å². The van der Waals surface area contributed by atoms with Crippen LogP contribution in [0.5, 0.6) is 11.5 Å². The van der Waals surface area contributed by atoms with E-state index in [2.05, 4.69) is 0 Å². The Morgan fingerprint density at radius 2 is 1.94 bits per heavy atom. The number of hydrogen-bond acceptors (Lipinski definition) is 3. The van der Waals surface area contributed by atoms with Crippen LogP contribution in [0.15, 0.2) is 18.2 Å². The van der Waals surface area contributed by atoms with Crippen LogP contribution in [0, 0.1) is 0 Å². The van der Waals surface area contributed by atoms with E-state index in [0.29, 0.717) is 30.1 Å². The minimum absolute atomic E-state index is 0.146. The zero-order valence-electron chi connectivity index (χ0n) is 10.8. The van der Waals surface area contributed by atoms with Gasteiger partial charge >= 0.3 is 0 Å². The van der Waals surface area contributed by atoms with Gasteiger partial charge in [-0.25, -0.2) is 0 Å². The molecule has 1 rings (SSSR count). The Balaban J connectivity index is 2.87. The number of methoxy groups -OCH3 is 1. The fourth-order valence-corrected chi connectivity index (χ4v) is 1.54. The minimum atomic E-state index is 0.146. The molecule has 0 N–H and O–H groups in total. The molecule has 1 aromatic rings. The van der Waals surface area contributed by atoms with Crippen LogP contribution in [0.25, 0.3) is 0 Å². The summed E-state index contributed by atoms with van der Waals surface area (Å²) in [6.07, 6.45) is 2.37. The second-order valence-corrected chi connectivity index (χ2v) is 3.89. The van der Waals surface area contributed by atoms with Crippen molar-refractivity contribution < 1.29 is 14.3 Å². The van der Waals surface area contributed by atoms with Crippen molar-refractivity contribution >= 4 is 5.78 Å². The van der Waals surface area contributed by atoms with Crippen LogP contribution in [0.1, 0.15) is 43.5 Å². The third-order valence-electron chi connectivity index (χ3n) is 2.42. The molecule has 0 atom stereocenters. The maximum absolute atomic E-state index is 11.7. The second-order valence-electron chi connectivity index (χ2n) is 3.89. The van der Waals surface area contributed by atoms with Crippen molar-refractivity contribution in [3.63, 3.8) is 0 Å². The summed E-state index contributed by atoms with van der Waals surface area (Å²) < 4.78 is 10.8. The number of carbonyl (C=O) groups excluding carboxylic acids is 1. The average molecular weight is 236 g/mol. The number of ether oxygens (including phenoxy) is 2. The summed E-state index contributed by atoms with van der Waals surface area (Å²) in [4.78, 5) is 11.7. The highest BCUT2D eigenvalue weighted by atomic mass is 16.5. The largest absolute Gasteiger partial charge is 0.493 e.